The van der Waals surface area contributed by atoms with Gasteiger partial charge in [0.25, 0.3) is 0 Å². The van der Waals surface area contributed by atoms with E-state index in [1.807, 2.05) is 0 Å². The molecular formula is C13H22N2OS. The van der Waals surface area contributed by atoms with Crippen LogP contribution in [-0.4, -0.2) is 44.3 Å². The molecule has 0 saturated carbocycles. The number of rotatable bonds is 7. The molecule has 0 radical (unpaired) electrons. The van der Waals surface area contributed by atoms with E-state index in [9.17, 15) is 0 Å². The van der Waals surface area contributed by atoms with Crippen molar-refractivity contribution in [2.75, 3.05) is 33.4 Å². The standard InChI is InChI=1S/C13H22N2OS/c1-16-7-6-15(9-12-4-8-17-11-12)10-13-3-2-5-14-13/h4,8,11,13-14H,2-3,5-7,9-10H2,1H3. The Morgan fingerprint density at radius 3 is 3.18 bits per heavy atom. The molecule has 1 aliphatic rings. The first-order chi connectivity index (χ1) is 8.38. The van der Waals surface area contributed by atoms with E-state index >= 15 is 0 Å². The van der Waals surface area contributed by atoms with Crippen molar-refractivity contribution in [3.63, 3.8) is 0 Å². The number of methoxy groups -OCH3 is 1. The van der Waals surface area contributed by atoms with Crippen LogP contribution in [0.1, 0.15) is 18.4 Å². The van der Waals surface area contributed by atoms with Crippen LogP contribution in [0.4, 0.5) is 0 Å². The molecule has 0 aliphatic carbocycles. The molecule has 2 rings (SSSR count). The van der Waals surface area contributed by atoms with E-state index in [0.717, 1.165) is 26.2 Å². The zero-order chi connectivity index (χ0) is 11.9. The minimum Gasteiger partial charge on any atom is -0.383 e. The molecule has 1 aromatic rings. The Morgan fingerprint density at radius 1 is 1.59 bits per heavy atom. The molecule has 0 spiro atoms. The molecule has 17 heavy (non-hydrogen) atoms. The van der Waals surface area contributed by atoms with Gasteiger partial charge in [-0.05, 0) is 41.8 Å². The second-order valence-corrected chi connectivity index (χ2v) is 5.43. The lowest BCUT2D eigenvalue weighted by Gasteiger charge is -2.25. The van der Waals surface area contributed by atoms with Crippen LogP contribution < -0.4 is 5.32 Å². The van der Waals surface area contributed by atoms with Gasteiger partial charge in [-0.3, -0.25) is 4.90 Å². The van der Waals surface area contributed by atoms with Gasteiger partial charge in [-0.15, -0.1) is 0 Å². The maximum absolute atomic E-state index is 5.20. The molecule has 1 unspecified atom stereocenters. The summed E-state index contributed by atoms with van der Waals surface area (Å²) in [4.78, 5) is 2.49. The van der Waals surface area contributed by atoms with Crippen molar-refractivity contribution in [1.29, 1.82) is 0 Å². The van der Waals surface area contributed by atoms with Gasteiger partial charge >= 0.3 is 0 Å². The van der Waals surface area contributed by atoms with Gasteiger partial charge in [0.2, 0.25) is 0 Å². The average Bonchev–Trinajstić information content (AvgIpc) is 2.99. The van der Waals surface area contributed by atoms with Crippen molar-refractivity contribution in [3.8, 4) is 0 Å². The highest BCUT2D eigenvalue weighted by atomic mass is 32.1. The summed E-state index contributed by atoms with van der Waals surface area (Å²) in [7, 11) is 1.77. The second kappa shape index (κ2) is 7.11. The van der Waals surface area contributed by atoms with E-state index in [1.54, 1.807) is 18.4 Å². The third-order valence-corrected chi connectivity index (χ3v) is 3.97. The molecule has 1 saturated heterocycles. The maximum Gasteiger partial charge on any atom is 0.0589 e. The number of ether oxygens (including phenoxy) is 1. The van der Waals surface area contributed by atoms with Crippen molar-refractivity contribution in [1.82, 2.24) is 10.2 Å². The molecule has 96 valence electrons. The van der Waals surface area contributed by atoms with Gasteiger partial charge < -0.3 is 10.1 Å². The van der Waals surface area contributed by atoms with Crippen LogP contribution in [0.3, 0.4) is 0 Å². The topological polar surface area (TPSA) is 24.5 Å². The lowest BCUT2D eigenvalue weighted by atomic mass is 10.2. The predicted octanol–water partition coefficient (Wildman–Crippen LogP) is 1.95. The van der Waals surface area contributed by atoms with Crippen molar-refractivity contribution in [3.05, 3.63) is 22.4 Å². The largest absolute Gasteiger partial charge is 0.383 e. The quantitative estimate of drug-likeness (QED) is 0.805. The van der Waals surface area contributed by atoms with Gasteiger partial charge in [0.15, 0.2) is 0 Å². The minimum absolute atomic E-state index is 0.672. The SMILES string of the molecule is COCCN(Cc1ccsc1)CC1CCCN1. The zero-order valence-corrected chi connectivity index (χ0v) is 11.3. The van der Waals surface area contributed by atoms with Crippen LogP contribution in [0.2, 0.25) is 0 Å². The van der Waals surface area contributed by atoms with E-state index in [1.165, 1.54) is 24.9 Å². The van der Waals surface area contributed by atoms with Crippen molar-refractivity contribution >= 4 is 11.3 Å². The molecular weight excluding hydrogens is 232 g/mol. The monoisotopic (exact) mass is 254 g/mol. The summed E-state index contributed by atoms with van der Waals surface area (Å²) in [6, 6.07) is 2.89. The third kappa shape index (κ3) is 4.39. The van der Waals surface area contributed by atoms with E-state index in [2.05, 4.69) is 27.0 Å². The molecule has 0 amide bonds. The molecule has 4 heteroatoms. The van der Waals surface area contributed by atoms with E-state index < -0.39 is 0 Å². The first-order valence-corrected chi connectivity index (χ1v) is 7.28. The molecule has 1 fully saturated rings. The van der Waals surface area contributed by atoms with E-state index in [0.29, 0.717) is 6.04 Å². The van der Waals surface area contributed by atoms with Gasteiger partial charge in [-0.1, -0.05) is 0 Å². The van der Waals surface area contributed by atoms with Crippen LogP contribution in [0.25, 0.3) is 0 Å². The van der Waals surface area contributed by atoms with E-state index in [4.69, 9.17) is 4.74 Å². The molecule has 0 bridgehead atoms. The number of nitrogens with one attached hydrogen (secondary N) is 1. The summed E-state index contributed by atoms with van der Waals surface area (Å²) in [6.07, 6.45) is 2.63. The Hall–Kier alpha value is -0.420. The highest BCUT2D eigenvalue weighted by Crippen LogP contribution is 2.12. The zero-order valence-electron chi connectivity index (χ0n) is 10.5. The Balaban J connectivity index is 1.83. The lowest BCUT2D eigenvalue weighted by molar-refractivity contribution is 0.138. The first kappa shape index (κ1) is 13.0. The third-order valence-electron chi connectivity index (χ3n) is 3.24. The second-order valence-electron chi connectivity index (χ2n) is 4.65. The molecule has 1 aliphatic heterocycles. The van der Waals surface area contributed by atoms with Crippen LogP contribution in [0.15, 0.2) is 16.8 Å². The maximum atomic E-state index is 5.20. The Kier molecular flexibility index (Phi) is 5.45. The summed E-state index contributed by atoms with van der Waals surface area (Å²) in [5, 5.41) is 7.95. The fourth-order valence-electron chi connectivity index (χ4n) is 2.32. The van der Waals surface area contributed by atoms with Crippen LogP contribution in [0, 0.1) is 0 Å². The number of hydrogen-bond donors (Lipinski definition) is 1. The molecule has 2 heterocycles. The van der Waals surface area contributed by atoms with Crippen molar-refractivity contribution < 1.29 is 4.74 Å². The average molecular weight is 254 g/mol. The van der Waals surface area contributed by atoms with E-state index in [-0.39, 0.29) is 0 Å². The fraction of sp³-hybridized carbons (Fsp3) is 0.692. The fourth-order valence-corrected chi connectivity index (χ4v) is 2.98. The molecule has 3 nitrogen and oxygen atoms in total. The van der Waals surface area contributed by atoms with Crippen LogP contribution in [0.5, 0.6) is 0 Å². The lowest BCUT2D eigenvalue weighted by Crippen LogP contribution is -2.38. The van der Waals surface area contributed by atoms with Crippen LogP contribution >= 0.6 is 11.3 Å². The van der Waals surface area contributed by atoms with Gasteiger partial charge in [0, 0.05) is 32.8 Å². The Bertz CT molecular complexity index is 296. The highest BCUT2D eigenvalue weighted by molar-refractivity contribution is 7.07. The number of thiophene rings is 1. The Labute approximate surface area is 108 Å². The molecule has 1 aromatic heterocycles. The van der Waals surface area contributed by atoms with Crippen molar-refractivity contribution in [2.24, 2.45) is 0 Å². The predicted molar refractivity (Wildman–Crippen MR) is 72.5 cm³/mol. The van der Waals surface area contributed by atoms with Crippen LogP contribution in [-0.2, 0) is 11.3 Å². The number of hydrogen-bond acceptors (Lipinski definition) is 4. The number of nitrogens with zero attached hydrogens (tertiary/aromatic N) is 1. The first-order valence-electron chi connectivity index (χ1n) is 6.34. The van der Waals surface area contributed by atoms with Gasteiger partial charge in [0.1, 0.15) is 0 Å². The molecule has 1 N–H and O–H groups in total. The molecule has 1 atom stereocenters. The summed E-state index contributed by atoms with van der Waals surface area (Å²) < 4.78 is 5.20. The molecule has 0 aromatic carbocycles. The highest BCUT2D eigenvalue weighted by Gasteiger charge is 2.17. The summed E-state index contributed by atoms with van der Waals surface area (Å²) in [5.41, 5.74) is 1.42. The summed E-state index contributed by atoms with van der Waals surface area (Å²) in [6.45, 7) is 5.20. The van der Waals surface area contributed by atoms with Crippen molar-refractivity contribution in [2.45, 2.75) is 25.4 Å². The minimum atomic E-state index is 0.672. The summed E-state index contributed by atoms with van der Waals surface area (Å²) >= 11 is 1.77. The van der Waals surface area contributed by atoms with Gasteiger partial charge in [0.05, 0.1) is 6.61 Å². The van der Waals surface area contributed by atoms with Gasteiger partial charge in [-0.25, -0.2) is 0 Å². The summed E-state index contributed by atoms with van der Waals surface area (Å²) in [5.74, 6) is 0. The smallest absolute Gasteiger partial charge is 0.0589 e. The Morgan fingerprint density at radius 2 is 2.53 bits per heavy atom. The normalized spacial score (nSPS) is 20.2. The van der Waals surface area contributed by atoms with Gasteiger partial charge in [-0.2, -0.15) is 11.3 Å².